The van der Waals surface area contributed by atoms with E-state index in [1.807, 2.05) is 20.8 Å². The second-order valence-corrected chi connectivity index (χ2v) is 9.69. The van der Waals surface area contributed by atoms with E-state index in [1.165, 1.54) is 7.11 Å². The Labute approximate surface area is 180 Å². The van der Waals surface area contributed by atoms with Crippen molar-refractivity contribution in [3.05, 3.63) is 11.1 Å². The highest BCUT2D eigenvalue weighted by Crippen LogP contribution is 2.26. The number of aromatic nitrogens is 4. The first kappa shape index (κ1) is 23.9. The second-order valence-electron chi connectivity index (χ2n) is 7.43. The predicted molar refractivity (Wildman–Crippen MR) is 116 cm³/mol. The van der Waals surface area contributed by atoms with Crippen LogP contribution in [0, 0.1) is 6.92 Å². The monoisotopic (exact) mass is 442 g/mol. The molecule has 0 amide bonds. The van der Waals surface area contributed by atoms with Crippen LogP contribution >= 0.6 is 11.6 Å². The number of nitrogens with zero attached hydrogens (tertiary/aromatic N) is 4. The van der Waals surface area contributed by atoms with Gasteiger partial charge < -0.3 is 13.9 Å². The molecule has 0 bridgehead atoms. The summed E-state index contributed by atoms with van der Waals surface area (Å²) in [6, 6.07) is 0. The Balaban J connectivity index is 1.89. The first-order valence-corrected chi connectivity index (χ1v) is 11.8. The Morgan fingerprint density at radius 3 is 2.34 bits per heavy atom. The summed E-state index contributed by atoms with van der Waals surface area (Å²) in [5.74, 6) is 0.706. The number of esters is 1. The highest BCUT2D eigenvalue weighted by Gasteiger charge is 2.26. The number of hydrogen-bond acceptors (Lipinski definition) is 6. The number of rotatable bonds is 12. The summed E-state index contributed by atoms with van der Waals surface area (Å²) in [7, 11) is 1.43. The van der Waals surface area contributed by atoms with Gasteiger partial charge >= 0.3 is 5.97 Å². The minimum atomic E-state index is -1.26. The molecule has 0 saturated carbocycles. The minimum Gasteiger partial charge on any atom is -0.610 e. The molecule has 0 fully saturated rings. The van der Waals surface area contributed by atoms with Crippen LogP contribution < -0.4 is 0 Å². The van der Waals surface area contributed by atoms with Gasteiger partial charge in [0.05, 0.1) is 7.11 Å². The molecule has 0 aromatic carbocycles. The molecule has 0 aliphatic rings. The zero-order valence-corrected chi connectivity index (χ0v) is 19.3. The van der Waals surface area contributed by atoms with Crippen LogP contribution in [0.3, 0.4) is 0 Å². The Kier molecular flexibility index (Phi) is 9.65. The molecule has 2 aromatic heterocycles. The number of carbonyl (C=O) groups is 1. The Bertz CT molecular complexity index is 813. The van der Waals surface area contributed by atoms with Gasteiger partial charge in [-0.2, -0.15) is 9.97 Å². The van der Waals surface area contributed by atoms with Crippen molar-refractivity contribution < 1.29 is 14.1 Å². The summed E-state index contributed by atoms with van der Waals surface area (Å²) >= 11 is 4.76. The van der Waals surface area contributed by atoms with Gasteiger partial charge in [0.1, 0.15) is 11.1 Å². The molecular weight excluding hydrogens is 412 g/mol. The van der Waals surface area contributed by atoms with Gasteiger partial charge in [-0.05, 0) is 45.2 Å². The first-order chi connectivity index (χ1) is 13.8. The molecule has 0 N–H and O–H groups in total. The van der Waals surface area contributed by atoms with Crippen molar-refractivity contribution in [2.45, 2.75) is 89.0 Å². The van der Waals surface area contributed by atoms with Crippen molar-refractivity contribution in [1.82, 2.24) is 19.5 Å². The average molecular weight is 443 g/mol. The fourth-order valence-electron chi connectivity index (χ4n) is 3.25. The molecule has 0 saturated heterocycles. The van der Waals surface area contributed by atoms with Crippen LogP contribution in [0.5, 0.6) is 0 Å². The smallest absolute Gasteiger partial charge is 0.305 e. The predicted octanol–water partition coefficient (Wildman–Crippen LogP) is 4.60. The van der Waals surface area contributed by atoms with Crippen molar-refractivity contribution in [2.24, 2.45) is 0 Å². The van der Waals surface area contributed by atoms with Crippen molar-refractivity contribution in [2.75, 3.05) is 7.11 Å². The van der Waals surface area contributed by atoms with Crippen LogP contribution in [0.2, 0.25) is 5.28 Å². The molecule has 0 aliphatic carbocycles. The fourth-order valence-corrected chi connectivity index (χ4v) is 4.48. The van der Waals surface area contributed by atoms with Gasteiger partial charge in [0.2, 0.25) is 5.28 Å². The lowest BCUT2D eigenvalue weighted by atomic mass is 10.1. The van der Waals surface area contributed by atoms with Crippen LogP contribution in [0.25, 0.3) is 11.2 Å². The Hall–Kier alpha value is -1.38. The quantitative estimate of drug-likeness (QED) is 0.157. The largest absolute Gasteiger partial charge is 0.610 e. The summed E-state index contributed by atoms with van der Waals surface area (Å²) in [6.07, 6.45) is 8.01. The number of ether oxygens (including phenoxy) is 1. The second kappa shape index (κ2) is 11.7. The van der Waals surface area contributed by atoms with Crippen LogP contribution in [-0.4, -0.2) is 42.4 Å². The zero-order valence-electron chi connectivity index (χ0n) is 17.7. The maximum Gasteiger partial charge on any atom is 0.305 e. The van der Waals surface area contributed by atoms with Gasteiger partial charge in [-0.3, -0.25) is 4.79 Å². The van der Waals surface area contributed by atoms with E-state index in [-0.39, 0.29) is 16.5 Å². The molecule has 2 rings (SSSR count). The first-order valence-electron chi connectivity index (χ1n) is 10.2. The molecule has 1 unspecified atom stereocenters. The molecule has 29 heavy (non-hydrogen) atoms. The third-order valence-electron chi connectivity index (χ3n) is 4.84. The van der Waals surface area contributed by atoms with E-state index in [4.69, 9.17) is 11.6 Å². The SMILES string of the molecule is COC(=O)CCCCCCCCCn1c(C)nc2nc(Cl)nc([S+]([O-])C(C)C)c21. The average Bonchev–Trinajstić information content (AvgIpc) is 2.99. The van der Waals surface area contributed by atoms with Gasteiger partial charge in [-0.25, -0.2) is 4.98 Å². The van der Waals surface area contributed by atoms with Crippen molar-refractivity contribution in [1.29, 1.82) is 0 Å². The van der Waals surface area contributed by atoms with E-state index in [0.717, 1.165) is 62.8 Å². The van der Waals surface area contributed by atoms with E-state index >= 15 is 0 Å². The standard InChI is InChI=1S/C20H31ClN4O3S/c1-14(2)29(27)19-17-18(23-20(21)24-19)22-15(3)25(17)13-11-9-7-5-6-8-10-12-16(26)28-4/h14H,5-13H2,1-4H3. The molecular formula is C20H31ClN4O3S. The molecule has 0 aliphatic heterocycles. The summed E-state index contributed by atoms with van der Waals surface area (Å²) in [4.78, 5) is 24.1. The van der Waals surface area contributed by atoms with Gasteiger partial charge in [-0.1, -0.05) is 32.1 Å². The van der Waals surface area contributed by atoms with Gasteiger partial charge in [0.25, 0.3) is 5.03 Å². The van der Waals surface area contributed by atoms with E-state index in [2.05, 4.69) is 24.3 Å². The van der Waals surface area contributed by atoms with Crippen LogP contribution in [-0.2, 0) is 27.3 Å². The highest BCUT2D eigenvalue weighted by atomic mass is 35.5. The molecule has 1 atom stereocenters. The molecule has 2 aromatic rings. The van der Waals surface area contributed by atoms with Crippen molar-refractivity contribution in [3.63, 3.8) is 0 Å². The number of fused-ring (bicyclic) bond motifs is 1. The van der Waals surface area contributed by atoms with E-state index in [9.17, 15) is 9.35 Å². The van der Waals surface area contributed by atoms with E-state index in [1.54, 1.807) is 0 Å². The molecule has 0 radical (unpaired) electrons. The lowest BCUT2D eigenvalue weighted by Gasteiger charge is -2.15. The van der Waals surface area contributed by atoms with Crippen molar-refractivity contribution in [3.8, 4) is 0 Å². The number of imidazole rings is 1. The lowest BCUT2D eigenvalue weighted by molar-refractivity contribution is -0.140. The maximum absolute atomic E-state index is 12.7. The summed E-state index contributed by atoms with van der Waals surface area (Å²) in [5.41, 5.74) is 1.25. The number of carbonyl (C=O) groups excluding carboxylic acids is 1. The lowest BCUT2D eigenvalue weighted by Crippen LogP contribution is -2.18. The topological polar surface area (TPSA) is 93.0 Å². The number of methoxy groups -OCH3 is 1. The van der Waals surface area contributed by atoms with Crippen LogP contribution in [0.15, 0.2) is 5.03 Å². The summed E-state index contributed by atoms with van der Waals surface area (Å²) in [5, 5.41) is 0.492. The maximum atomic E-state index is 12.7. The van der Waals surface area contributed by atoms with Crippen molar-refractivity contribution >= 4 is 39.9 Å². The third kappa shape index (κ3) is 6.83. The molecule has 2 heterocycles. The highest BCUT2D eigenvalue weighted by molar-refractivity contribution is 7.92. The fraction of sp³-hybridized carbons (Fsp3) is 0.700. The summed E-state index contributed by atoms with van der Waals surface area (Å²) in [6.45, 7) is 6.52. The Morgan fingerprint density at radius 1 is 1.10 bits per heavy atom. The molecule has 7 nitrogen and oxygen atoms in total. The normalized spacial score (nSPS) is 12.7. The van der Waals surface area contributed by atoms with E-state index < -0.39 is 11.2 Å². The minimum absolute atomic E-state index is 0.0630. The number of aryl methyl sites for hydroxylation is 2. The molecule has 0 spiro atoms. The summed E-state index contributed by atoms with van der Waals surface area (Å²) < 4.78 is 19.4. The third-order valence-corrected chi connectivity index (χ3v) is 6.53. The zero-order chi connectivity index (χ0) is 21.4. The van der Waals surface area contributed by atoms with Gasteiger partial charge in [0.15, 0.2) is 11.2 Å². The van der Waals surface area contributed by atoms with Crippen LogP contribution in [0.4, 0.5) is 0 Å². The molecule has 162 valence electrons. The number of halogens is 1. The Morgan fingerprint density at radius 2 is 1.72 bits per heavy atom. The van der Waals surface area contributed by atoms with E-state index in [0.29, 0.717) is 17.1 Å². The van der Waals surface area contributed by atoms with Gasteiger partial charge in [-0.15, -0.1) is 0 Å². The van der Waals surface area contributed by atoms with Crippen LogP contribution in [0.1, 0.15) is 71.0 Å². The number of hydrogen-bond donors (Lipinski definition) is 0. The number of unbranched alkanes of at least 4 members (excludes halogenated alkanes) is 6. The molecule has 9 heteroatoms. The van der Waals surface area contributed by atoms with Gasteiger partial charge in [0, 0.05) is 24.1 Å².